The summed E-state index contributed by atoms with van der Waals surface area (Å²) in [5.41, 5.74) is -0.333. The summed E-state index contributed by atoms with van der Waals surface area (Å²) in [4.78, 5) is 11.6. The average Bonchev–Trinajstić information content (AvgIpc) is 2.51. The number of carbonyl (C=O) groups excluding carboxylic acids is 1. The normalized spacial score (nSPS) is 44.1. The summed E-state index contributed by atoms with van der Waals surface area (Å²) < 4.78 is 21.2. The van der Waals surface area contributed by atoms with Crippen LogP contribution in [0.4, 0.5) is 0 Å². The van der Waals surface area contributed by atoms with E-state index in [1.807, 2.05) is 6.92 Å². The molecule has 15 heavy (non-hydrogen) atoms. The Hall–Kier alpha value is -0.650. The summed E-state index contributed by atoms with van der Waals surface area (Å²) in [5.74, 6) is -2.08. The zero-order valence-electron chi connectivity index (χ0n) is 9.24. The van der Waals surface area contributed by atoms with E-state index in [0.717, 1.165) is 6.42 Å². The minimum atomic E-state index is -1.24. The van der Waals surface area contributed by atoms with Crippen LogP contribution in [0, 0.1) is 5.92 Å². The molecule has 0 radical (unpaired) electrons. The number of ether oxygens (including phenoxy) is 4. The molecule has 5 nitrogen and oxygen atoms in total. The van der Waals surface area contributed by atoms with E-state index in [1.165, 1.54) is 14.2 Å². The first kappa shape index (κ1) is 10.9. The Bertz CT molecular complexity index is 279. The van der Waals surface area contributed by atoms with Gasteiger partial charge in [0.15, 0.2) is 0 Å². The molecule has 2 aliphatic rings. The largest absolute Gasteiger partial charge is 0.469 e. The fourth-order valence-electron chi connectivity index (χ4n) is 2.22. The maximum atomic E-state index is 11.6. The Morgan fingerprint density at radius 1 is 1.47 bits per heavy atom. The van der Waals surface area contributed by atoms with Gasteiger partial charge in [0.2, 0.25) is 0 Å². The van der Waals surface area contributed by atoms with E-state index < -0.39 is 11.9 Å². The molecule has 0 spiro atoms. The molecular formula is C10H16O5. The third-order valence-corrected chi connectivity index (χ3v) is 3.13. The van der Waals surface area contributed by atoms with Gasteiger partial charge in [-0.15, -0.1) is 0 Å². The number of carbonyl (C=O) groups is 1. The lowest BCUT2D eigenvalue weighted by atomic mass is 9.90. The Balaban J connectivity index is 2.24. The highest BCUT2D eigenvalue weighted by atomic mass is 16.9. The zero-order chi connectivity index (χ0) is 11.1. The molecule has 0 aromatic heterocycles. The van der Waals surface area contributed by atoms with Crippen molar-refractivity contribution in [2.24, 2.45) is 5.92 Å². The highest BCUT2D eigenvalue weighted by molar-refractivity contribution is 5.73. The van der Waals surface area contributed by atoms with Crippen molar-refractivity contribution >= 4 is 5.97 Å². The third-order valence-electron chi connectivity index (χ3n) is 3.13. The molecule has 0 N–H and O–H groups in total. The van der Waals surface area contributed by atoms with Crippen molar-refractivity contribution < 1.29 is 23.7 Å². The van der Waals surface area contributed by atoms with Gasteiger partial charge in [0.25, 0.3) is 5.97 Å². The summed E-state index contributed by atoms with van der Waals surface area (Å²) >= 11 is 0. The minimum absolute atomic E-state index is 0.333. The number of fused-ring (bicyclic) bond motifs is 2. The molecular weight excluding hydrogens is 200 g/mol. The molecule has 0 aromatic carbocycles. The maximum absolute atomic E-state index is 11.6. The summed E-state index contributed by atoms with van der Waals surface area (Å²) in [6, 6.07) is 0. The van der Waals surface area contributed by atoms with Gasteiger partial charge >= 0.3 is 5.97 Å². The van der Waals surface area contributed by atoms with Crippen LogP contribution in [0.25, 0.3) is 0 Å². The number of rotatable bonds is 2. The van der Waals surface area contributed by atoms with Crippen molar-refractivity contribution in [2.45, 2.75) is 31.3 Å². The second-order valence-electron chi connectivity index (χ2n) is 4.26. The van der Waals surface area contributed by atoms with Crippen LogP contribution in [-0.4, -0.2) is 38.4 Å². The van der Waals surface area contributed by atoms with Crippen LogP contribution >= 0.6 is 0 Å². The molecule has 0 saturated carbocycles. The fraction of sp³-hybridized carbons (Fsp3) is 0.900. The van der Waals surface area contributed by atoms with Crippen LogP contribution < -0.4 is 0 Å². The second-order valence-corrected chi connectivity index (χ2v) is 4.26. The predicted octanol–water partition coefficient (Wildman–Crippen LogP) is 0.675. The predicted molar refractivity (Wildman–Crippen MR) is 49.9 cm³/mol. The molecule has 2 bridgehead atoms. The van der Waals surface area contributed by atoms with Crippen LogP contribution in [-0.2, 0) is 23.7 Å². The smallest absolute Gasteiger partial charge is 0.316 e. The maximum Gasteiger partial charge on any atom is 0.316 e. The molecule has 0 aromatic rings. The number of hydrogen-bond donors (Lipinski definition) is 0. The van der Waals surface area contributed by atoms with Crippen molar-refractivity contribution in [1.82, 2.24) is 0 Å². The van der Waals surface area contributed by atoms with Crippen molar-refractivity contribution in [2.75, 3.05) is 20.8 Å². The Labute approximate surface area is 88.6 Å². The van der Waals surface area contributed by atoms with Crippen molar-refractivity contribution in [1.29, 1.82) is 0 Å². The summed E-state index contributed by atoms with van der Waals surface area (Å²) in [5, 5.41) is 0. The van der Waals surface area contributed by atoms with E-state index in [1.54, 1.807) is 0 Å². The van der Waals surface area contributed by atoms with Gasteiger partial charge in [-0.25, -0.2) is 0 Å². The highest BCUT2D eigenvalue weighted by Crippen LogP contribution is 2.47. The molecule has 3 atom stereocenters. The molecule has 3 unspecified atom stereocenters. The van der Waals surface area contributed by atoms with Crippen molar-refractivity contribution in [3.8, 4) is 0 Å². The molecule has 2 fully saturated rings. The zero-order valence-corrected chi connectivity index (χ0v) is 9.24. The molecule has 0 aliphatic carbocycles. The number of hydrogen-bond acceptors (Lipinski definition) is 5. The van der Waals surface area contributed by atoms with Gasteiger partial charge in [0, 0.05) is 7.11 Å². The Morgan fingerprint density at radius 2 is 2.20 bits per heavy atom. The van der Waals surface area contributed by atoms with E-state index in [-0.39, 0.29) is 11.6 Å². The van der Waals surface area contributed by atoms with Crippen molar-refractivity contribution in [3.05, 3.63) is 0 Å². The first-order valence-electron chi connectivity index (χ1n) is 5.02. The summed E-state index contributed by atoms with van der Waals surface area (Å²) in [6.07, 6.45) is 1.44. The first-order chi connectivity index (χ1) is 7.05. The highest BCUT2D eigenvalue weighted by Gasteiger charge is 2.60. The standard InChI is InChI=1S/C10H16O5/c1-9-5-4-7(8(11)12-2)10(13-3,15-9)14-6-9/h7H,4-6H2,1-3H3. The van der Waals surface area contributed by atoms with Gasteiger partial charge in [-0.2, -0.15) is 0 Å². The Kier molecular flexibility index (Phi) is 2.48. The SMILES string of the molecule is COC(=O)C1CCC2(C)COC1(OC)O2. The van der Waals surface area contributed by atoms with Crippen LogP contribution in [0.2, 0.25) is 0 Å². The van der Waals surface area contributed by atoms with Crippen LogP contribution in [0.5, 0.6) is 0 Å². The lowest BCUT2D eigenvalue weighted by Gasteiger charge is -2.38. The third kappa shape index (κ3) is 1.55. The topological polar surface area (TPSA) is 54.0 Å². The lowest BCUT2D eigenvalue weighted by Crippen LogP contribution is -2.51. The van der Waals surface area contributed by atoms with E-state index in [9.17, 15) is 4.79 Å². The summed E-state index contributed by atoms with van der Waals surface area (Å²) in [7, 11) is 2.83. The second kappa shape index (κ2) is 3.43. The van der Waals surface area contributed by atoms with Gasteiger partial charge in [0.05, 0.1) is 19.3 Å². The Morgan fingerprint density at radius 3 is 2.80 bits per heavy atom. The molecule has 0 amide bonds. The van der Waals surface area contributed by atoms with Gasteiger partial charge in [-0.3, -0.25) is 4.79 Å². The van der Waals surface area contributed by atoms with E-state index in [0.29, 0.717) is 13.0 Å². The van der Waals surface area contributed by atoms with Crippen LogP contribution in [0.1, 0.15) is 19.8 Å². The van der Waals surface area contributed by atoms with Crippen LogP contribution in [0.15, 0.2) is 0 Å². The first-order valence-corrected chi connectivity index (χ1v) is 5.02. The average molecular weight is 216 g/mol. The van der Waals surface area contributed by atoms with Gasteiger partial charge in [0.1, 0.15) is 5.92 Å². The van der Waals surface area contributed by atoms with Gasteiger partial charge in [-0.1, -0.05) is 0 Å². The van der Waals surface area contributed by atoms with Crippen molar-refractivity contribution in [3.63, 3.8) is 0 Å². The molecule has 2 rings (SSSR count). The molecule has 2 saturated heterocycles. The quantitative estimate of drug-likeness (QED) is 0.635. The lowest BCUT2D eigenvalue weighted by molar-refractivity contribution is -0.369. The molecule has 5 heteroatoms. The van der Waals surface area contributed by atoms with Gasteiger partial charge < -0.3 is 18.9 Å². The minimum Gasteiger partial charge on any atom is -0.469 e. The fourth-order valence-corrected chi connectivity index (χ4v) is 2.22. The van der Waals surface area contributed by atoms with Gasteiger partial charge in [-0.05, 0) is 19.8 Å². The summed E-state index contributed by atoms with van der Waals surface area (Å²) in [6.45, 7) is 2.41. The number of esters is 1. The molecule has 2 aliphatic heterocycles. The van der Waals surface area contributed by atoms with Crippen LogP contribution in [0.3, 0.4) is 0 Å². The number of methoxy groups -OCH3 is 2. The van der Waals surface area contributed by atoms with E-state index in [4.69, 9.17) is 18.9 Å². The monoisotopic (exact) mass is 216 g/mol. The van der Waals surface area contributed by atoms with E-state index >= 15 is 0 Å². The van der Waals surface area contributed by atoms with E-state index in [2.05, 4.69) is 0 Å². The molecule has 86 valence electrons. The molecule has 2 heterocycles.